The molecule has 1 atom stereocenters. The average molecular weight is 221 g/mol. The smallest absolute Gasteiger partial charge is 0.237 e. The second-order valence-electron chi connectivity index (χ2n) is 3.79. The zero-order valence-electron chi connectivity index (χ0n) is 8.94. The molecule has 0 unspecified atom stereocenters. The van der Waals surface area contributed by atoms with Crippen LogP contribution in [0.3, 0.4) is 0 Å². The number of carbonyl (C=O) groups is 2. The maximum Gasteiger partial charge on any atom is 0.237 e. The SMILES string of the molecule is CCN1C(=O)C[C@@H](c2cccc(F)c2)C1=O. The maximum atomic E-state index is 13.0. The number of amides is 2. The van der Waals surface area contributed by atoms with Crippen molar-refractivity contribution in [3.05, 3.63) is 35.6 Å². The molecule has 1 heterocycles. The molecule has 1 aliphatic rings. The molecule has 1 aromatic carbocycles. The lowest BCUT2D eigenvalue weighted by molar-refractivity contribution is -0.138. The summed E-state index contributed by atoms with van der Waals surface area (Å²) in [5.74, 6) is -1.30. The maximum absolute atomic E-state index is 13.0. The van der Waals surface area contributed by atoms with Gasteiger partial charge in [0.2, 0.25) is 11.8 Å². The average Bonchev–Trinajstić information content (AvgIpc) is 2.54. The van der Waals surface area contributed by atoms with Crippen molar-refractivity contribution < 1.29 is 14.0 Å². The Morgan fingerprint density at radius 2 is 2.19 bits per heavy atom. The van der Waals surface area contributed by atoms with Gasteiger partial charge in [-0.2, -0.15) is 0 Å². The van der Waals surface area contributed by atoms with Gasteiger partial charge in [-0.25, -0.2) is 4.39 Å². The van der Waals surface area contributed by atoms with Crippen molar-refractivity contribution in [3.8, 4) is 0 Å². The fourth-order valence-electron chi connectivity index (χ4n) is 2.00. The van der Waals surface area contributed by atoms with Crippen LogP contribution in [0.15, 0.2) is 24.3 Å². The Labute approximate surface area is 92.9 Å². The summed E-state index contributed by atoms with van der Waals surface area (Å²) in [6.45, 7) is 2.13. The molecule has 16 heavy (non-hydrogen) atoms. The third-order valence-electron chi connectivity index (χ3n) is 2.81. The fraction of sp³-hybridized carbons (Fsp3) is 0.333. The van der Waals surface area contributed by atoms with Crippen LogP contribution < -0.4 is 0 Å². The van der Waals surface area contributed by atoms with E-state index in [9.17, 15) is 14.0 Å². The summed E-state index contributed by atoms with van der Waals surface area (Å²) < 4.78 is 13.0. The number of nitrogens with zero attached hydrogens (tertiary/aromatic N) is 1. The molecule has 0 aromatic heterocycles. The molecule has 0 bridgehead atoms. The van der Waals surface area contributed by atoms with Gasteiger partial charge in [0.15, 0.2) is 0 Å². The van der Waals surface area contributed by atoms with Gasteiger partial charge in [-0.05, 0) is 24.6 Å². The Hall–Kier alpha value is -1.71. The van der Waals surface area contributed by atoms with Gasteiger partial charge in [-0.1, -0.05) is 12.1 Å². The number of imide groups is 1. The standard InChI is InChI=1S/C12H12FNO2/c1-2-14-11(15)7-10(12(14)16)8-4-3-5-9(13)6-8/h3-6,10H,2,7H2,1H3/t10-/m0/s1. The molecule has 1 fully saturated rings. The van der Waals surface area contributed by atoms with Crippen LogP contribution in [0.1, 0.15) is 24.8 Å². The number of likely N-dealkylation sites (N-methyl/N-ethyl adjacent to an activating group) is 1. The van der Waals surface area contributed by atoms with E-state index in [2.05, 4.69) is 0 Å². The highest BCUT2D eigenvalue weighted by Crippen LogP contribution is 2.29. The van der Waals surface area contributed by atoms with Crippen LogP contribution in [0.4, 0.5) is 4.39 Å². The third kappa shape index (κ3) is 1.71. The summed E-state index contributed by atoms with van der Waals surface area (Å²) in [7, 11) is 0. The Balaban J connectivity index is 2.30. The van der Waals surface area contributed by atoms with E-state index in [1.54, 1.807) is 19.1 Å². The Morgan fingerprint density at radius 3 is 2.75 bits per heavy atom. The van der Waals surface area contributed by atoms with Crippen molar-refractivity contribution in [2.24, 2.45) is 0 Å². The number of halogens is 1. The van der Waals surface area contributed by atoms with Gasteiger partial charge in [0.25, 0.3) is 0 Å². The molecule has 4 heteroatoms. The van der Waals surface area contributed by atoms with Gasteiger partial charge in [-0.3, -0.25) is 14.5 Å². The molecule has 84 valence electrons. The molecule has 0 aliphatic carbocycles. The van der Waals surface area contributed by atoms with Crippen LogP contribution in [0, 0.1) is 5.82 Å². The van der Waals surface area contributed by atoms with E-state index in [1.807, 2.05) is 0 Å². The highest BCUT2D eigenvalue weighted by atomic mass is 19.1. The lowest BCUT2D eigenvalue weighted by Gasteiger charge is -2.11. The van der Waals surface area contributed by atoms with E-state index in [-0.39, 0.29) is 24.1 Å². The minimum absolute atomic E-state index is 0.149. The molecule has 0 N–H and O–H groups in total. The molecule has 0 radical (unpaired) electrons. The lowest BCUT2D eigenvalue weighted by atomic mass is 9.97. The summed E-state index contributed by atoms with van der Waals surface area (Å²) >= 11 is 0. The van der Waals surface area contributed by atoms with Gasteiger partial charge in [0, 0.05) is 13.0 Å². The normalized spacial score (nSPS) is 20.6. The summed E-state index contributed by atoms with van der Waals surface area (Å²) in [6, 6.07) is 5.87. The minimum Gasteiger partial charge on any atom is -0.282 e. The second kappa shape index (κ2) is 4.04. The topological polar surface area (TPSA) is 37.4 Å². The second-order valence-corrected chi connectivity index (χ2v) is 3.79. The first-order valence-corrected chi connectivity index (χ1v) is 5.23. The largest absolute Gasteiger partial charge is 0.282 e. The molecule has 0 saturated carbocycles. The molecule has 2 rings (SSSR count). The van der Waals surface area contributed by atoms with Crippen molar-refractivity contribution >= 4 is 11.8 Å². The number of likely N-dealkylation sites (tertiary alicyclic amines) is 1. The molecule has 0 spiro atoms. The molecule has 2 amide bonds. The van der Waals surface area contributed by atoms with Crippen LogP contribution in [-0.2, 0) is 9.59 Å². The molecule has 3 nitrogen and oxygen atoms in total. The first kappa shape index (κ1) is 10.8. The number of rotatable bonds is 2. The van der Waals surface area contributed by atoms with Gasteiger partial charge in [0.1, 0.15) is 5.82 Å². The minimum atomic E-state index is -0.511. The fourth-order valence-corrected chi connectivity index (χ4v) is 2.00. The molecule has 1 aromatic rings. The van der Waals surface area contributed by atoms with Crippen molar-refractivity contribution in [2.45, 2.75) is 19.3 Å². The van der Waals surface area contributed by atoms with Gasteiger partial charge < -0.3 is 0 Å². The van der Waals surface area contributed by atoms with Gasteiger partial charge in [0.05, 0.1) is 5.92 Å². The zero-order chi connectivity index (χ0) is 11.7. The first-order valence-electron chi connectivity index (χ1n) is 5.23. The Kier molecular flexibility index (Phi) is 2.73. The molecule has 1 saturated heterocycles. The van der Waals surface area contributed by atoms with E-state index >= 15 is 0 Å². The van der Waals surface area contributed by atoms with Crippen LogP contribution in [0.25, 0.3) is 0 Å². The number of benzene rings is 1. The van der Waals surface area contributed by atoms with Gasteiger partial charge in [-0.15, -0.1) is 0 Å². The highest BCUT2D eigenvalue weighted by molar-refractivity contribution is 6.06. The van der Waals surface area contributed by atoms with Crippen molar-refractivity contribution in [1.29, 1.82) is 0 Å². The van der Waals surface area contributed by atoms with Crippen LogP contribution in [-0.4, -0.2) is 23.3 Å². The van der Waals surface area contributed by atoms with Gasteiger partial charge >= 0.3 is 0 Å². The molecular formula is C12H12FNO2. The van der Waals surface area contributed by atoms with E-state index in [0.29, 0.717) is 12.1 Å². The number of carbonyl (C=O) groups excluding carboxylic acids is 2. The predicted molar refractivity (Wildman–Crippen MR) is 56.2 cm³/mol. The van der Waals surface area contributed by atoms with Crippen molar-refractivity contribution in [3.63, 3.8) is 0 Å². The van der Waals surface area contributed by atoms with Crippen LogP contribution in [0.5, 0.6) is 0 Å². The summed E-state index contributed by atoms with van der Waals surface area (Å²) in [6.07, 6.45) is 0.149. The number of hydrogen-bond acceptors (Lipinski definition) is 2. The summed E-state index contributed by atoms with van der Waals surface area (Å²) in [5.41, 5.74) is 0.578. The first-order chi connectivity index (χ1) is 7.63. The molecular weight excluding hydrogens is 209 g/mol. The van der Waals surface area contributed by atoms with E-state index in [0.717, 1.165) is 0 Å². The third-order valence-corrected chi connectivity index (χ3v) is 2.81. The van der Waals surface area contributed by atoms with Crippen molar-refractivity contribution in [1.82, 2.24) is 4.90 Å². The zero-order valence-corrected chi connectivity index (χ0v) is 8.94. The van der Waals surface area contributed by atoms with Crippen LogP contribution in [0.2, 0.25) is 0 Å². The van der Waals surface area contributed by atoms with E-state index < -0.39 is 5.92 Å². The van der Waals surface area contributed by atoms with Crippen LogP contribution >= 0.6 is 0 Å². The Bertz CT molecular complexity index is 444. The summed E-state index contributed by atoms with van der Waals surface area (Å²) in [4.78, 5) is 24.6. The van der Waals surface area contributed by atoms with Crippen molar-refractivity contribution in [2.75, 3.05) is 6.54 Å². The number of hydrogen-bond donors (Lipinski definition) is 0. The van der Waals surface area contributed by atoms with E-state index in [4.69, 9.17) is 0 Å². The summed E-state index contributed by atoms with van der Waals surface area (Å²) in [5, 5.41) is 0. The highest BCUT2D eigenvalue weighted by Gasteiger charge is 2.38. The molecule has 1 aliphatic heterocycles. The Morgan fingerprint density at radius 1 is 1.44 bits per heavy atom. The predicted octanol–water partition coefficient (Wildman–Crippen LogP) is 1.69. The monoisotopic (exact) mass is 221 g/mol. The van der Waals surface area contributed by atoms with E-state index in [1.165, 1.54) is 17.0 Å². The quantitative estimate of drug-likeness (QED) is 0.712. The lowest BCUT2D eigenvalue weighted by Crippen LogP contribution is -2.29.